The number of alkyl carbamates (subject to hydrolysis) is 2. The van der Waals surface area contributed by atoms with E-state index in [9.17, 15) is 19.2 Å². The van der Waals surface area contributed by atoms with Crippen LogP contribution in [0.5, 0.6) is 0 Å². The van der Waals surface area contributed by atoms with Crippen LogP contribution < -0.4 is 10.6 Å². The van der Waals surface area contributed by atoms with Gasteiger partial charge in [-0.1, -0.05) is 62.4 Å². The Morgan fingerprint density at radius 1 is 0.833 bits per heavy atom. The van der Waals surface area contributed by atoms with Gasteiger partial charge in [-0.25, -0.2) is 19.6 Å². The molecule has 54 heavy (non-hydrogen) atoms. The lowest BCUT2D eigenvalue weighted by Crippen LogP contribution is -2.55. The third kappa shape index (κ3) is 6.92. The van der Waals surface area contributed by atoms with Gasteiger partial charge in [0.25, 0.3) is 0 Å². The van der Waals surface area contributed by atoms with Crippen LogP contribution in [0.1, 0.15) is 77.0 Å². The number of hydrogen-bond donors (Lipinski definition) is 4. The normalized spacial score (nSPS) is 22.9. The lowest BCUT2D eigenvalue weighted by atomic mass is 9.95. The SMILES string of the molecule is COC(=O)N[C@H]1CC[C@H]2CCC(c3ncc(-c4ccc(-c5ccc(-c6cnc([C@]7(C)CCCN7C(=O)[C@@H](NC(=O)OC)C(C)C)[nH]6)cc5)cc4)[nH]3)N2C1=O. The predicted molar refractivity (Wildman–Crippen MR) is 201 cm³/mol. The van der Waals surface area contributed by atoms with Gasteiger partial charge in [-0.3, -0.25) is 9.59 Å². The zero-order chi connectivity index (χ0) is 38.1. The first-order chi connectivity index (χ1) is 26.0. The van der Waals surface area contributed by atoms with Crippen molar-refractivity contribution in [3.8, 4) is 33.6 Å². The zero-order valence-electron chi connectivity index (χ0n) is 31.3. The number of benzene rings is 2. The van der Waals surface area contributed by atoms with Gasteiger partial charge in [-0.2, -0.15) is 0 Å². The quantitative estimate of drug-likeness (QED) is 0.164. The Morgan fingerprint density at radius 2 is 1.43 bits per heavy atom. The Hall–Kier alpha value is -5.66. The number of imidazole rings is 2. The number of H-pyrrole nitrogens is 2. The Bertz CT molecular complexity index is 2010. The average molecular weight is 737 g/mol. The molecule has 3 fully saturated rings. The molecule has 3 aliphatic heterocycles. The van der Waals surface area contributed by atoms with E-state index in [1.54, 1.807) is 6.20 Å². The molecule has 0 radical (unpaired) electrons. The van der Waals surface area contributed by atoms with Crippen molar-refractivity contribution in [2.75, 3.05) is 20.8 Å². The van der Waals surface area contributed by atoms with Gasteiger partial charge in [0.15, 0.2) is 0 Å². The Balaban J connectivity index is 1.02. The molecule has 0 bridgehead atoms. The topological polar surface area (TPSA) is 175 Å². The van der Waals surface area contributed by atoms with Gasteiger partial charge in [0.1, 0.15) is 23.7 Å². The first kappa shape index (κ1) is 36.7. The first-order valence-electron chi connectivity index (χ1n) is 18.6. The molecule has 3 saturated heterocycles. The number of nitrogens with zero attached hydrogens (tertiary/aromatic N) is 4. The van der Waals surface area contributed by atoms with Crippen molar-refractivity contribution in [2.24, 2.45) is 5.92 Å². The highest BCUT2D eigenvalue weighted by molar-refractivity contribution is 5.88. The summed E-state index contributed by atoms with van der Waals surface area (Å²) in [6, 6.07) is 15.2. The second kappa shape index (κ2) is 15.0. The number of hydrogen-bond acceptors (Lipinski definition) is 8. The van der Waals surface area contributed by atoms with Crippen molar-refractivity contribution in [2.45, 2.75) is 89.0 Å². The number of carbonyl (C=O) groups excluding carboxylic acids is 4. The molecule has 3 aliphatic rings. The van der Waals surface area contributed by atoms with E-state index in [1.807, 2.05) is 36.8 Å². The number of likely N-dealkylation sites (tertiary alicyclic amines) is 1. The van der Waals surface area contributed by atoms with E-state index in [-0.39, 0.29) is 29.8 Å². The van der Waals surface area contributed by atoms with Crippen molar-refractivity contribution in [3.05, 3.63) is 72.6 Å². The van der Waals surface area contributed by atoms with Crippen LogP contribution >= 0.6 is 0 Å². The largest absolute Gasteiger partial charge is 0.453 e. The second-order valence-corrected chi connectivity index (χ2v) is 15.0. The maximum atomic E-state index is 13.7. The van der Waals surface area contributed by atoms with Crippen molar-refractivity contribution >= 4 is 24.0 Å². The summed E-state index contributed by atoms with van der Waals surface area (Å²) < 4.78 is 9.50. The number of ether oxygens (including phenoxy) is 2. The van der Waals surface area contributed by atoms with Gasteiger partial charge >= 0.3 is 12.2 Å². The molecular weight excluding hydrogens is 688 g/mol. The molecule has 0 aliphatic carbocycles. The second-order valence-electron chi connectivity index (χ2n) is 15.0. The number of methoxy groups -OCH3 is 2. The molecule has 14 heteroatoms. The molecule has 2 aromatic heterocycles. The maximum absolute atomic E-state index is 13.7. The van der Waals surface area contributed by atoms with Crippen molar-refractivity contribution < 1.29 is 28.7 Å². The summed E-state index contributed by atoms with van der Waals surface area (Å²) in [7, 11) is 2.59. The minimum atomic E-state index is -0.706. The standard InChI is InChI=1S/C40H48N8O6/c1-23(2)33(46-39(52)54-5)36(50)47-20-6-19-40(47,3)37-42-22-31(44-37)27-13-9-25(10-14-27)24-7-11-26(12-8-24)30-21-41-34(43-30)32-18-16-28-15-17-29(35(49)48(28)32)45-38(51)53-4/h7-14,21-23,28-29,32-33H,6,15-20H2,1-5H3,(H,41,43)(H,42,44)(H,45,51)(H,46,52)/t28-,29-,32?,33-,40-/m0/s1. The van der Waals surface area contributed by atoms with E-state index in [4.69, 9.17) is 14.5 Å². The van der Waals surface area contributed by atoms with Crippen LogP contribution in [0.15, 0.2) is 60.9 Å². The minimum absolute atomic E-state index is 0.0895. The van der Waals surface area contributed by atoms with Crippen LogP contribution in [0, 0.1) is 5.92 Å². The summed E-state index contributed by atoms with van der Waals surface area (Å²) in [6.07, 6.45) is 7.12. The predicted octanol–water partition coefficient (Wildman–Crippen LogP) is 5.90. The summed E-state index contributed by atoms with van der Waals surface area (Å²) in [6.45, 7) is 6.40. The lowest BCUT2D eigenvalue weighted by Gasteiger charge is -2.37. The molecule has 14 nitrogen and oxygen atoms in total. The number of aromatic nitrogens is 4. The Labute approximate surface area is 314 Å². The third-order valence-electron chi connectivity index (χ3n) is 11.3. The van der Waals surface area contributed by atoms with Gasteiger partial charge in [0.05, 0.1) is 49.6 Å². The van der Waals surface area contributed by atoms with E-state index in [2.05, 4.69) is 74.1 Å². The van der Waals surface area contributed by atoms with Crippen LogP contribution in [-0.2, 0) is 24.6 Å². The number of rotatable bonds is 9. The van der Waals surface area contributed by atoms with E-state index in [0.717, 1.165) is 71.6 Å². The minimum Gasteiger partial charge on any atom is -0.453 e. The van der Waals surface area contributed by atoms with Crippen molar-refractivity contribution in [3.63, 3.8) is 0 Å². The van der Waals surface area contributed by atoms with E-state index < -0.39 is 29.8 Å². The van der Waals surface area contributed by atoms with Gasteiger partial charge in [-0.05, 0) is 73.6 Å². The molecule has 2 aromatic carbocycles. The summed E-state index contributed by atoms with van der Waals surface area (Å²) in [5, 5.41) is 5.39. The number of carbonyl (C=O) groups is 4. The summed E-state index contributed by atoms with van der Waals surface area (Å²) >= 11 is 0. The first-order valence-corrected chi connectivity index (χ1v) is 18.6. The fraction of sp³-hybridized carbons (Fsp3) is 0.450. The van der Waals surface area contributed by atoms with Gasteiger partial charge in [-0.15, -0.1) is 0 Å². The van der Waals surface area contributed by atoms with Gasteiger partial charge in [0, 0.05) is 12.6 Å². The van der Waals surface area contributed by atoms with Crippen LogP contribution in [0.2, 0.25) is 0 Å². The average Bonchev–Trinajstić information content (AvgIpc) is 4.01. The van der Waals surface area contributed by atoms with Crippen LogP contribution in [0.4, 0.5) is 9.59 Å². The van der Waals surface area contributed by atoms with Crippen LogP contribution in [0.25, 0.3) is 33.6 Å². The summed E-state index contributed by atoms with van der Waals surface area (Å²) in [5.74, 6) is 1.10. The van der Waals surface area contributed by atoms with Gasteiger partial charge < -0.3 is 39.9 Å². The highest BCUT2D eigenvalue weighted by Gasteiger charge is 2.47. The number of piperidine rings is 1. The Kier molecular flexibility index (Phi) is 10.2. The summed E-state index contributed by atoms with van der Waals surface area (Å²) in [5.41, 5.74) is 5.15. The highest BCUT2D eigenvalue weighted by Crippen LogP contribution is 2.41. The number of fused-ring (bicyclic) bond motifs is 1. The maximum Gasteiger partial charge on any atom is 0.407 e. The zero-order valence-corrected chi connectivity index (χ0v) is 31.3. The molecule has 5 atom stereocenters. The number of nitrogens with one attached hydrogen (secondary N) is 4. The molecule has 5 heterocycles. The van der Waals surface area contributed by atoms with Crippen molar-refractivity contribution in [1.82, 2.24) is 40.4 Å². The van der Waals surface area contributed by atoms with Crippen LogP contribution in [0.3, 0.4) is 0 Å². The molecule has 0 saturated carbocycles. The molecule has 7 rings (SSSR count). The number of amides is 4. The highest BCUT2D eigenvalue weighted by atomic mass is 16.5. The summed E-state index contributed by atoms with van der Waals surface area (Å²) in [4.78, 5) is 71.0. The molecule has 4 amide bonds. The molecular formula is C40H48N8O6. The molecule has 4 N–H and O–H groups in total. The lowest BCUT2D eigenvalue weighted by molar-refractivity contribution is -0.140. The smallest absolute Gasteiger partial charge is 0.407 e. The van der Waals surface area contributed by atoms with E-state index in [0.29, 0.717) is 18.8 Å². The third-order valence-corrected chi connectivity index (χ3v) is 11.3. The van der Waals surface area contributed by atoms with Gasteiger partial charge in [0.2, 0.25) is 11.8 Å². The Morgan fingerprint density at radius 3 is 2.06 bits per heavy atom. The van der Waals surface area contributed by atoms with E-state index in [1.165, 1.54) is 14.2 Å². The molecule has 4 aromatic rings. The van der Waals surface area contributed by atoms with Crippen molar-refractivity contribution in [1.29, 1.82) is 0 Å². The van der Waals surface area contributed by atoms with E-state index >= 15 is 0 Å². The van der Waals surface area contributed by atoms with Crippen LogP contribution in [-0.4, -0.2) is 92.6 Å². The number of aromatic amines is 2. The fourth-order valence-electron chi connectivity index (χ4n) is 8.27. The molecule has 284 valence electrons. The fourth-order valence-corrected chi connectivity index (χ4v) is 8.27. The molecule has 1 unspecified atom stereocenters. The monoisotopic (exact) mass is 736 g/mol. The molecule has 0 spiro atoms.